The first kappa shape index (κ1) is 17.4. The number of hydrogen-bond acceptors (Lipinski definition) is 6. The third kappa shape index (κ3) is 3.83. The molecule has 0 spiro atoms. The van der Waals surface area contributed by atoms with Crippen LogP contribution in [0.3, 0.4) is 0 Å². The number of nitrogens with one attached hydrogen (secondary N) is 2. The number of aryl methyl sites for hydroxylation is 1. The zero-order valence-corrected chi connectivity index (χ0v) is 14.0. The summed E-state index contributed by atoms with van der Waals surface area (Å²) in [4.78, 5) is 38.4. The number of β-amino-alcohol motifs (C(OH)–C–C–N with tert-alkyl or cyclic N) is 1. The molecular weight excluding hydrogens is 328 g/mol. The van der Waals surface area contributed by atoms with E-state index in [9.17, 15) is 14.4 Å². The van der Waals surface area contributed by atoms with E-state index in [4.69, 9.17) is 9.52 Å². The van der Waals surface area contributed by atoms with E-state index >= 15 is 0 Å². The van der Waals surface area contributed by atoms with E-state index in [1.54, 1.807) is 0 Å². The number of urea groups is 1. The van der Waals surface area contributed by atoms with Gasteiger partial charge in [0.15, 0.2) is 0 Å². The minimum Gasteiger partial charge on any atom is -0.466 e. The van der Waals surface area contributed by atoms with E-state index in [0.717, 1.165) is 16.4 Å². The van der Waals surface area contributed by atoms with Gasteiger partial charge in [-0.2, -0.15) is 0 Å². The summed E-state index contributed by atoms with van der Waals surface area (Å²) in [6, 6.07) is 2.99. The predicted octanol–water partition coefficient (Wildman–Crippen LogP) is -0.984. The van der Waals surface area contributed by atoms with Gasteiger partial charge in [0.25, 0.3) is 5.91 Å². The molecule has 0 aliphatic carbocycles. The van der Waals surface area contributed by atoms with Gasteiger partial charge >= 0.3 is 6.03 Å². The van der Waals surface area contributed by atoms with Gasteiger partial charge in [-0.3, -0.25) is 19.4 Å². The first-order valence-corrected chi connectivity index (χ1v) is 8.25. The quantitative estimate of drug-likeness (QED) is 0.568. The Morgan fingerprint density at radius 2 is 2.20 bits per heavy atom. The lowest BCUT2D eigenvalue weighted by Crippen LogP contribution is -2.46. The highest BCUT2D eigenvalue weighted by Gasteiger charge is 2.37. The smallest absolute Gasteiger partial charge is 0.325 e. The van der Waals surface area contributed by atoms with Gasteiger partial charge in [0.2, 0.25) is 5.91 Å². The molecule has 2 atom stereocenters. The van der Waals surface area contributed by atoms with Crippen LogP contribution in [-0.4, -0.2) is 78.1 Å². The number of amides is 4. The maximum Gasteiger partial charge on any atom is 0.325 e. The first-order valence-electron chi connectivity index (χ1n) is 8.25. The zero-order valence-electron chi connectivity index (χ0n) is 14.0. The molecule has 2 aliphatic heterocycles. The molecule has 2 saturated heterocycles. The fraction of sp³-hybridized carbons (Fsp3) is 0.562. The van der Waals surface area contributed by atoms with Crippen LogP contribution in [0.15, 0.2) is 16.5 Å². The van der Waals surface area contributed by atoms with Crippen LogP contribution >= 0.6 is 0 Å². The van der Waals surface area contributed by atoms with Gasteiger partial charge in [0.05, 0.1) is 25.1 Å². The number of furan rings is 1. The van der Waals surface area contributed by atoms with Crippen molar-refractivity contribution >= 4 is 17.8 Å². The Balaban J connectivity index is 1.66. The summed E-state index contributed by atoms with van der Waals surface area (Å²) in [5.74, 6) is 0.715. The molecule has 9 nitrogen and oxygen atoms in total. The van der Waals surface area contributed by atoms with Crippen molar-refractivity contribution in [2.24, 2.45) is 0 Å². The summed E-state index contributed by atoms with van der Waals surface area (Å²) < 4.78 is 5.70. The molecule has 3 heterocycles. The predicted molar refractivity (Wildman–Crippen MR) is 86.8 cm³/mol. The molecule has 9 heteroatoms. The number of carbonyl (C=O) groups excluding carboxylic acids is 3. The van der Waals surface area contributed by atoms with Crippen LogP contribution < -0.4 is 10.6 Å². The summed E-state index contributed by atoms with van der Waals surface area (Å²) >= 11 is 0. The average Bonchev–Trinajstić information content (AvgIpc) is 3.23. The number of nitrogens with zero attached hydrogens (tertiary/aromatic N) is 2. The number of hydrogen-bond donors (Lipinski definition) is 3. The van der Waals surface area contributed by atoms with Crippen LogP contribution in [0.25, 0.3) is 0 Å². The largest absolute Gasteiger partial charge is 0.466 e. The lowest BCUT2D eigenvalue weighted by Gasteiger charge is -2.20. The van der Waals surface area contributed by atoms with Gasteiger partial charge in [-0.05, 0) is 19.1 Å². The summed E-state index contributed by atoms with van der Waals surface area (Å²) in [5.41, 5.74) is 0. The van der Waals surface area contributed by atoms with E-state index in [-0.39, 0.29) is 31.7 Å². The molecule has 0 aromatic carbocycles. The third-order valence-electron chi connectivity index (χ3n) is 4.52. The van der Waals surface area contributed by atoms with Crippen LogP contribution in [0.5, 0.6) is 0 Å². The number of carbonyl (C=O) groups is 3. The Morgan fingerprint density at radius 3 is 2.80 bits per heavy atom. The molecule has 2 fully saturated rings. The van der Waals surface area contributed by atoms with Crippen molar-refractivity contribution in [3.8, 4) is 0 Å². The molecule has 4 amide bonds. The highest BCUT2D eigenvalue weighted by molar-refractivity contribution is 6.04. The molecule has 136 valence electrons. The number of likely N-dealkylation sites (tertiary alicyclic amines) is 1. The van der Waals surface area contributed by atoms with Crippen LogP contribution in [0, 0.1) is 6.92 Å². The third-order valence-corrected chi connectivity index (χ3v) is 4.52. The number of aliphatic hydroxyl groups excluding tert-OH is 1. The molecule has 0 saturated carbocycles. The van der Waals surface area contributed by atoms with Crippen molar-refractivity contribution in [1.82, 2.24) is 20.4 Å². The topological polar surface area (TPSA) is 115 Å². The highest BCUT2D eigenvalue weighted by atomic mass is 16.3. The van der Waals surface area contributed by atoms with Crippen molar-refractivity contribution < 1.29 is 23.9 Å². The Labute approximate surface area is 144 Å². The number of imide groups is 1. The molecule has 0 radical (unpaired) electrons. The standard InChI is InChI=1S/C16H22N4O5/c1-10-2-3-13(25-10)11-7-19(4-5-21)8-12(11)18-14(22)9-20-15(23)6-17-16(20)24/h2-3,11-12,21H,4-9H2,1H3,(H,17,24)(H,18,22). The first-order chi connectivity index (χ1) is 12.0. The van der Waals surface area contributed by atoms with Crippen LogP contribution in [-0.2, 0) is 9.59 Å². The normalized spacial score (nSPS) is 24.0. The van der Waals surface area contributed by atoms with E-state index in [1.165, 1.54) is 0 Å². The summed E-state index contributed by atoms with van der Waals surface area (Å²) in [6.45, 7) is 3.25. The minimum absolute atomic E-state index is 0.0347. The van der Waals surface area contributed by atoms with Crippen LogP contribution in [0.2, 0.25) is 0 Å². The molecular formula is C16H22N4O5. The molecule has 1 aromatic rings. The monoisotopic (exact) mass is 350 g/mol. The Kier molecular flexibility index (Phi) is 5.05. The van der Waals surface area contributed by atoms with E-state index in [1.807, 2.05) is 24.0 Å². The van der Waals surface area contributed by atoms with Gasteiger partial charge in [-0.15, -0.1) is 0 Å². The Hall–Kier alpha value is -2.39. The highest BCUT2D eigenvalue weighted by Crippen LogP contribution is 2.29. The van der Waals surface area contributed by atoms with Crippen molar-refractivity contribution in [3.63, 3.8) is 0 Å². The maximum atomic E-state index is 12.3. The average molecular weight is 350 g/mol. The van der Waals surface area contributed by atoms with Gasteiger partial charge in [0.1, 0.15) is 18.1 Å². The Bertz CT molecular complexity index is 657. The summed E-state index contributed by atoms with van der Waals surface area (Å²) in [5, 5.41) is 14.4. The second-order valence-corrected chi connectivity index (χ2v) is 6.35. The number of aliphatic hydroxyl groups is 1. The second kappa shape index (κ2) is 7.24. The summed E-state index contributed by atoms with van der Waals surface area (Å²) in [6.07, 6.45) is 0. The Morgan fingerprint density at radius 1 is 1.40 bits per heavy atom. The molecule has 1 aromatic heterocycles. The zero-order chi connectivity index (χ0) is 18.0. The van der Waals surface area contributed by atoms with Crippen molar-refractivity contribution in [2.75, 3.05) is 39.3 Å². The van der Waals surface area contributed by atoms with Crippen LogP contribution in [0.4, 0.5) is 4.79 Å². The van der Waals surface area contributed by atoms with Crippen molar-refractivity contribution in [1.29, 1.82) is 0 Å². The van der Waals surface area contributed by atoms with Gasteiger partial charge < -0.3 is 20.2 Å². The SMILES string of the molecule is Cc1ccc(C2CN(CCO)CC2NC(=O)CN2C(=O)CNC2=O)o1. The molecule has 3 rings (SSSR count). The number of rotatable bonds is 6. The van der Waals surface area contributed by atoms with Crippen molar-refractivity contribution in [3.05, 3.63) is 23.7 Å². The van der Waals surface area contributed by atoms with E-state index in [0.29, 0.717) is 19.6 Å². The van der Waals surface area contributed by atoms with Gasteiger partial charge in [-0.25, -0.2) is 4.79 Å². The fourth-order valence-electron chi connectivity index (χ4n) is 3.31. The second-order valence-electron chi connectivity index (χ2n) is 6.35. The van der Waals surface area contributed by atoms with E-state index < -0.39 is 17.8 Å². The van der Waals surface area contributed by atoms with Gasteiger partial charge in [-0.1, -0.05) is 0 Å². The molecule has 2 aliphatic rings. The molecule has 0 bridgehead atoms. The lowest BCUT2D eigenvalue weighted by molar-refractivity contribution is -0.130. The molecule has 25 heavy (non-hydrogen) atoms. The van der Waals surface area contributed by atoms with Crippen LogP contribution in [0.1, 0.15) is 17.4 Å². The fourth-order valence-corrected chi connectivity index (χ4v) is 3.31. The van der Waals surface area contributed by atoms with Gasteiger partial charge in [0, 0.05) is 19.6 Å². The van der Waals surface area contributed by atoms with Crippen molar-refractivity contribution in [2.45, 2.75) is 18.9 Å². The summed E-state index contributed by atoms with van der Waals surface area (Å²) in [7, 11) is 0. The maximum absolute atomic E-state index is 12.3. The lowest BCUT2D eigenvalue weighted by atomic mass is 10.0. The molecule has 2 unspecified atom stereocenters. The van der Waals surface area contributed by atoms with E-state index in [2.05, 4.69) is 10.6 Å². The molecule has 3 N–H and O–H groups in total. The minimum atomic E-state index is -0.549.